The minimum absolute atomic E-state index is 0. The van der Waals surface area contributed by atoms with Gasteiger partial charge in [0.2, 0.25) is 0 Å². The first kappa shape index (κ1) is 17.2. The lowest BCUT2D eigenvalue weighted by Crippen LogP contribution is -2.18. The zero-order valence-corrected chi connectivity index (χ0v) is 12.6. The molecule has 0 bridgehead atoms. The molecule has 0 aromatic heterocycles. The molecule has 2 rings (SSSR count). The van der Waals surface area contributed by atoms with Crippen molar-refractivity contribution in [2.45, 2.75) is 18.9 Å². The van der Waals surface area contributed by atoms with Gasteiger partial charge in [-0.1, -0.05) is 60.7 Å². The fourth-order valence-electron chi connectivity index (χ4n) is 2.06. The molecule has 2 aromatic carbocycles. The van der Waals surface area contributed by atoms with Crippen LogP contribution in [0.2, 0.25) is 0 Å². The third-order valence-electron chi connectivity index (χ3n) is 3.21. The van der Waals surface area contributed by atoms with Gasteiger partial charge in [0.25, 0.3) is 0 Å². The van der Waals surface area contributed by atoms with Gasteiger partial charge in [-0.2, -0.15) is 0 Å². The average Bonchev–Trinajstić information content (AvgIpc) is 2.52. The number of halogens is 1. The maximum Gasteiger partial charge on any atom is 0.306 e. The molecule has 0 aliphatic carbocycles. The monoisotopic (exact) mass is 305 g/mol. The van der Waals surface area contributed by atoms with Gasteiger partial charge in [-0.25, -0.2) is 0 Å². The van der Waals surface area contributed by atoms with E-state index in [0.29, 0.717) is 19.6 Å². The largest absolute Gasteiger partial charge is 0.461 e. The first-order valence-electron chi connectivity index (χ1n) is 6.74. The predicted molar refractivity (Wildman–Crippen MR) is 86.3 cm³/mol. The lowest BCUT2D eigenvalue weighted by Gasteiger charge is -2.14. The smallest absolute Gasteiger partial charge is 0.306 e. The molecule has 1 atom stereocenters. The van der Waals surface area contributed by atoms with Crippen molar-refractivity contribution in [2.24, 2.45) is 5.73 Å². The second-order valence-electron chi connectivity index (χ2n) is 4.69. The maximum atomic E-state index is 11.9. The van der Waals surface area contributed by atoms with E-state index in [0.717, 1.165) is 11.1 Å². The summed E-state index contributed by atoms with van der Waals surface area (Å²) in [7, 11) is 0. The maximum absolute atomic E-state index is 11.9. The quantitative estimate of drug-likeness (QED) is 0.833. The summed E-state index contributed by atoms with van der Waals surface area (Å²) in [6, 6.07) is 19.5. The van der Waals surface area contributed by atoms with Gasteiger partial charge in [0.05, 0.1) is 6.42 Å². The summed E-state index contributed by atoms with van der Waals surface area (Å²) in [4.78, 5) is 11.9. The minimum Gasteiger partial charge on any atom is -0.461 e. The molecule has 0 saturated carbocycles. The zero-order valence-electron chi connectivity index (χ0n) is 11.8. The molecule has 0 amide bonds. The number of ether oxygens (including phenoxy) is 1. The number of carbonyl (C=O) groups excluding carboxylic acids is 1. The highest BCUT2D eigenvalue weighted by Gasteiger charge is 2.15. The van der Waals surface area contributed by atoms with Crippen molar-refractivity contribution in [2.75, 3.05) is 6.54 Å². The Bertz CT molecular complexity index is 531. The van der Waals surface area contributed by atoms with Gasteiger partial charge in [-0.05, 0) is 17.7 Å². The van der Waals surface area contributed by atoms with Crippen molar-refractivity contribution in [1.82, 2.24) is 0 Å². The van der Waals surface area contributed by atoms with Crippen molar-refractivity contribution >= 4 is 18.4 Å². The summed E-state index contributed by atoms with van der Waals surface area (Å²) >= 11 is 0. The van der Waals surface area contributed by atoms with Gasteiger partial charge in [0.1, 0.15) is 6.61 Å². The van der Waals surface area contributed by atoms with Gasteiger partial charge in [-0.3, -0.25) is 4.79 Å². The Labute approximate surface area is 131 Å². The summed E-state index contributed by atoms with van der Waals surface area (Å²) in [6.45, 7) is 0.746. The molecule has 0 aliphatic heterocycles. The molecule has 0 fully saturated rings. The number of hydrogen-bond acceptors (Lipinski definition) is 3. The molecule has 3 nitrogen and oxygen atoms in total. The fourth-order valence-corrected chi connectivity index (χ4v) is 2.06. The van der Waals surface area contributed by atoms with Gasteiger partial charge in [0, 0.05) is 5.92 Å². The van der Waals surface area contributed by atoms with Crippen molar-refractivity contribution in [3.05, 3.63) is 71.8 Å². The van der Waals surface area contributed by atoms with Gasteiger partial charge < -0.3 is 10.5 Å². The van der Waals surface area contributed by atoms with E-state index in [-0.39, 0.29) is 24.3 Å². The number of carbonyl (C=O) groups is 1. The van der Waals surface area contributed by atoms with Crippen molar-refractivity contribution in [1.29, 1.82) is 0 Å². The Morgan fingerprint density at radius 1 is 1.00 bits per heavy atom. The standard InChI is InChI=1S/C17H19NO2.ClH/c18-12-16(15-9-5-2-6-10-15)11-17(19)20-13-14-7-3-1-4-8-14;/h1-10,16H,11-13,18H2;1H. The van der Waals surface area contributed by atoms with Crippen LogP contribution >= 0.6 is 12.4 Å². The second kappa shape index (κ2) is 9.16. The van der Waals surface area contributed by atoms with Crippen LogP contribution in [0.3, 0.4) is 0 Å². The molecule has 1 unspecified atom stereocenters. The third-order valence-corrected chi connectivity index (χ3v) is 3.21. The van der Waals surface area contributed by atoms with Crippen molar-refractivity contribution < 1.29 is 9.53 Å². The van der Waals surface area contributed by atoms with Crippen LogP contribution in [0.4, 0.5) is 0 Å². The molecular weight excluding hydrogens is 286 g/mol. The first-order chi connectivity index (χ1) is 9.79. The number of hydrogen-bond donors (Lipinski definition) is 1. The highest BCUT2D eigenvalue weighted by Crippen LogP contribution is 2.18. The van der Waals surface area contributed by atoms with Crippen LogP contribution < -0.4 is 5.73 Å². The molecule has 2 N–H and O–H groups in total. The lowest BCUT2D eigenvalue weighted by atomic mass is 9.96. The summed E-state index contributed by atoms with van der Waals surface area (Å²) in [5, 5.41) is 0. The van der Waals surface area contributed by atoms with E-state index in [1.165, 1.54) is 0 Å². The van der Waals surface area contributed by atoms with Crippen LogP contribution in [0.5, 0.6) is 0 Å². The van der Waals surface area contributed by atoms with E-state index < -0.39 is 0 Å². The molecule has 112 valence electrons. The lowest BCUT2D eigenvalue weighted by molar-refractivity contribution is -0.145. The predicted octanol–water partition coefficient (Wildman–Crippen LogP) is 3.28. The van der Waals surface area contributed by atoms with E-state index in [2.05, 4.69) is 0 Å². The van der Waals surface area contributed by atoms with E-state index in [1.807, 2.05) is 60.7 Å². The van der Waals surface area contributed by atoms with Gasteiger partial charge >= 0.3 is 5.97 Å². The van der Waals surface area contributed by atoms with Crippen LogP contribution in [0.25, 0.3) is 0 Å². The van der Waals surface area contributed by atoms with Crippen molar-refractivity contribution in [3.63, 3.8) is 0 Å². The van der Waals surface area contributed by atoms with E-state index in [4.69, 9.17) is 10.5 Å². The highest BCUT2D eigenvalue weighted by atomic mass is 35.5. The average molecular weight is 306 g/mol. The highest BCUT2D eigenvalue weighted by molar-refractivity contribution is 5.85. The molecule has 21 heavy (non-hydrogen) atoms. The summed E-state index contributed by atoms with van der Waals surface area (Å²) < 4.78 is 5.29. The number of rotatable bonds is 6. The molecule has 0 heterocycles. The third kappa shape index (κ3) is 5.58. The van der Waals surface area contributed by atoms with E-state index in [1.54, 1.807) is 0 Å². The van der Waals surface area contributed by atoms with Crippen LogP contribution in [0, 0.1) is 0 Å². The Balaban J connectivity index is 0.00000220. The van der Waals surface area contributed by atoms with Crippen LogP contribution in [0.1, 0.15) is 23.5 Å². The summed E-state index contributed by atoms with van der Waals surface area (Å²) in [5.74, 6) is -0.201. The van der Waals surface area contributed by atoms with E-state index >= 15 is 0 Å². The Hall–Kier alpha value is -1.84. The molecular formula is C17H20ClNO2. The van der Waals surface area contributed by atoms with Crippen LogP contribution in [-0.4, -0.2) is 12.5 Å². The molecule has 0 spiro atoms. The van der Waals surface area contributed by atoms with Gasteiger partial charge in [-0.15, -0.1) is 12.4 Å². The first-order valence-corrected chi connectivity index (χ1v) is 6.74. The molecule has 0 radical (unpaired) electrons. The SMILES string of the molecule is Cl.NCC(CC(=O)OCc1ccccc1)c1ccccc1. The van der Waals surface area contributed by atoms with Crippen LogP contribution in [0.15, 0.2) is 60.7 Å². The van der Waals surface area contributed by atoms with E-state index in [9.17, 15) is 4.79 Å². The molecule has 4 heteroatoms. The number of benzene rings is 2. The normalized spacial score (nSPS) is 11.3. The molecule has 0 saturated heterocycles. The second-order valence-corrected chi connectivity index (χ2v) is 4.69. The van der Waals surface area contributed by atoms with Crippen LogP contribution in [-0.2, 0) is 16.1 Å². The number of nitrogens with two attached hydrogens (primary N) is 1. The number of esters is 1. The summed E-state index contributed by atoms with van der Waals surface area (Å²) in [6.07, 6.45) is 0.313. The zero-order chi connectivity index (χ0) is 14.2. The molecule has 0 aliphatic rings. The Morgan fingerprint density at radius 3 is 2.14 bits per heavy atom. The van der Waals surface area contributed by atoms with Gasteiger partial charge in [0.15, 0.2) is 0 Å². The molecule has 2 aromatic rings. The Kier molecular flexibility index (Phi) is 7.51. The minimum atomic E-state index is -0.215. The topological polar surface area (TPSA) is 52.3 Å². The Morgan fingerprint density at radius 2 is 1.57 bits per heavy atom. The van der Waals surface area contributed by atoms with Crippen molar-refractivity contribution in [3.8, 4) is 0 Å². The fraction of sp³-hybridized carbons (Fsp3) is 0.235. The summed E-state index contributed by atoms with van der Waals surface area (Å²) in [5.41, 5.74) is 7.82.